The zero-order chi connectivity index (χ0) is 14.9. The molecule has 3 rings (SSSR count). The van der Waals surface area contributed by atoms with Crippen LogP contribution in [0.1, 0.15) is 37.8 Å². The largest absolute Gasteiger partial charge is 0.288 e. The molecule has 0 amide bonds. The van der Waals surface area contributed by atoms with Gasteiger partial charge in [0.2, 0.25) is 0 Å². The van der Waals surface area contributed by atoms with E-state index in [4.69, 9.17) is 0 Å². The molecule has 116 valence electrons. The van der Waals surface area contributed by atoms with Gasteiger partial charge in [0, 0.05) is 30.9 Å². The monoisotopic (exact) mass is 309 g/mol. The maximum absolute atomic E-state index is 12.1. The summed E-state index contributed by atoms with van der Waals surface area (Å²) in [7, 11) is -2.95. The Bertz CT molecular complexity index is 621. The van der Waals surface area contributed by atoms with Gasteiger partial charge in [-0.15, -0.1) is 0 Å². The number of allylic oxidation sites excluding steroid dienone is 1. The lowest BCUT2D eigenvalue weighted by Crippen LogP contribution is -2.47. The Balaban J connectivity index is 1.89. The molecule has 0 radical (unpaired) electrons. The number of sulfone groups is 1. The van der Waals surface area contributed by atoms with Crippen LogP contribution in [0.15, 0.2) is 24.5 Å². The fourth-order valence-corrected chi connectivity index (χ4v) is 4.82. The summed E-state index contributed by atoms with van der Waals surface area (Å²) < 4.78 is 26.0. The molecule has 0 N–H and O–H groups in total. The van der Waals surface area contributed by atoms with Crippen LogP contribution in [0.4, 0.5) is 0 Å². The van der Waals surface area contributed by atoms with Gasteiger partial charge in [-0.1, -0.05) is 12.2 Å². The molecule has 1 fully saturated rings. The van der Waals surface area contributed by atoms with Crippen LogP contribution in [0.5, 0.6) is 0 Å². The number of aromatic nitrogens is 2. The number of rotatable bonds is 3. The van der Waals surface area contributed by atoms with Gasteiger partial charge in [-0.25, -0.2) is 8.42 Å². The van der Waals surface area contributed by atoms with E-state index in [9.17, 15) is 8.42 Å². The van der Waals surface area contributed by atoms with Crippen molar-refractivity contribution in [1.29, 1.82) is 0 Å². The molecule has 6 heteroatoms. The molecule has 2 heterocycles. The molecular formula is C15H23N3O2S. The summed E-state index contributed by atoms with van der Waals surface area (Å²) in [4.78, 5) is 2.35. The summed E-state index contributed by atoms with van der Waals surface area (Å²) in [6, 6.07) is 0.307. The highest BCUT2D eigenvalue weighted by molar-refractivity contribution is 7.91. The van der Waals surface area contributed by atoms with Gasteiger partial charge in [0.15, 0.2) is 9.84 Å². The van der Waals surface area contributed by atoms with Crippen LogP contribution in [0.25, 0.3) is 0 Å². The Hall–Kier alpha value is -1.14. The molecule has 0 spiro atoms. The van der Waals surface area contributed by atoms with Gasteiger partial charge >= 0.3 is 0 Å². The first-order chi connectivity index (χ1) is 10.1. The van der Waals surface area contributed by atoms with Gasteiger partial charge in [0.1, 0.15) is 0 Å². The molecule has 1 saturated heterocycles. The Labute approximate surface area is 126 Å². The molecule has 21 heavy (non-hydrogen) atoms. The fourth-order valence-electron chi connectivity index (χ4n) is 3.30. The summed E-state index contributed by atoms with van der Waals surface area (Å²) in [5.41, 5.74) is 1.03. The first kappa shape index (κ1) is 14.8. The van der Waals surface area contributed by atoms with Gasteiger partial charge in [-0.3, -0.25) is 9.58 Å². The molecule has 1 aromatic heterocycles. The van der Waals surface area contributed by atoms with Crippen molar-refractivity contribution in [3.05, 3.63) is 30.1 Å². The molecule has 1 aliphatic heterocycles. The van der Waals surface area contributed by atoms with E-state index in [0.717, 1.165) is 24.9 Å². The second-order valence-electron chi connectivity index (χ2n) is 5.92. The van der Waals surface area contributed by atoms with Gasteiger partial charge < -0.3 is 0 Å². The maximum Gasteiger partial charge on any atom is 0.153 e. The lowest BCUT2D eigenvalue weighted by Gasteiger charge is -2.40. The van der Waals surface area contributed by atoms with Crippen LogP contribution in [0.3, 0.4) is 0 Å². The van der Waals surface area contributed by atoms with E-state index < -0.39 is 9.84 Å². The zero-order valence-electron chi connectivity index (χ0n) is 12.5. The van der Waals surface area contributed by atoms with Crippen molar-refractivity contribution in [2.75, 3.05) is 18.1 Å². The van der Waals surface area contributed by atoms with E-state index in [2.05, 4.69) is 22.2 Å². The van der Waals surface area contributed by atoms with Crippen LogP contribution in [0, 0.1) is 0 Å². The topological polar surface area (TPSA) is 55.2 Å². The summed E-state index contributed by atoms with van der Waals surface area (Å²) in [6.07, 6.45) is 11.7. The van der Waals surface area contributed by atoms with Crippen molar-refractivity contribution >= 4 is 9.84 Å². The Kier molecular flexibility index (Phi) is 4.17. The third-order valence-electron chi connectivity index (χ3n) is 4.49. The predicted molar refractivity (Wildman–Crippen MR) is 82.8 cm³/mol. The van der Waals surface area contributed by atoms with Crippen LogP contribution < -0.4 is 0 Å². The molecule has 0 saturated carbocycles. The summed E-state index contributed by atoms with van der Waals surface area (Å²) in [6.45, 7) is 3.47. The lowest BCUT2D eigenvalue weighted by molar-refractivity contribution is 0.163. The van der Waals surface area contributed by atoms with Crippen molar-refractivity contribution in [2.24, 2.45) is 0 Å². The molecule has 2 aliphatic rings. The molecule has 1 aromatic rings. The van der Waals surface area contributed by atoms with Crippen molar-refractivity contribution in [2.45, 2.75) is 44.8 Å². The van der Waals surface area contributed by atoms with E-state index in [0.29, 0.717) is 12.6 Å². The summed E-state index contributed by atoms with van der Waals surface area (Å²) in [5, 5.41) is 4.31. The van der Waals surface area contributed by atoms with E-state index in [-0.39, 0.29) is 17.5 Å². The van der Waals surface area contributed by atoms with Crippen LogP contribution in [-0.4, -0.2) is 47.2 Å². The van der Waals surface area contributed by atoms with Crippen LogP contribution in [0.2, 0.25) is 0 Å². The third-order valence-corrected chi connectivity index (χ3v) is 6.12. The highest BCUT2D eigenvalue weighted by atomic mass is 32.2. The molecule has 5 nitrogen and oxygen atoms in total. The molecule has 2 atom stereocenters. The Morgan fingerprint density at radius 2 is 2.29 bits per heavy atom. The predicted octanol–water partition coefficient (Wildman–Crippen LogP) is 1.78. The normalized spacial score (nSPS) is 29.6. The van der Waals surface area contributed by atoms with Crippen molar-refractivity contribution in [1.82, 2.24) is 14.7 Å². The number of nitrogens with zero attached hydrogens (tertiary/aromatic N) is 3. The number of hydrogen-bond acceptors (Lipinski definition) is 4. The van der Waals surface area contributed by atoms with Crippen LogP contribution >= 0.6 is 0 Å². The molecule has 2 unspecified atom stereocenters. The average molecular weight is 309 g/mol. The van der Waals surface area contributed by atoms with Gasteiger partial charge in [-0.05, 0) is 26.2 Å². The molecule has 1 aliphatic carbocycles. The lowest BCUT2D eigenvalue weighted by atomic mass is 9.98. The van der Waals surface area contributed by atoms with Crippen molar-refractivity contribution in [3.63, 3.8) is 0 Å². The minimum atomic E-state index is -2.95. The highest BCUT2D eigenvalue weighted by Crippen LogP contribution is 2.31. The minimum absolute atomic E-state index is 0.0585. The SMILES string of the molecule is CCn1cc(C2CS(=O)(=O)CCN2C2C=CCCC2)cn1. The fraction of sp³-hybridized carbons (Fsp3) is 0.667. The smallest absolute Gasteiger partial charge is 0.153 e. The van der Waals surface area contributed by atoms with Crippen molar-refractivity contribution < 1.29 is 8.42 Å². The summed E-state index contributed by atoms with van der Waals surface area (Å²) in [5.74, 6) is 0.489. The van der Waals surface area contributed by atoms with Crippen LogP contribution in [-0.2, 0) is 16.4 Å². The quantitative estimate of drug-likeness (QED) is 0.799. The number of hydrogen-bond donors (Lipinski definition) is 0. The van der Waals surface area contributed by atoms with E-state index in [1.165, 1.54) is 6.42 Å². The van der Waals surface area contributed by atoms with Gasteiger partial charge in [0.25, 0.3) is 0 Å². The molecule has 0 bridgehead atoms. The number of aryl methyl sites for hydroxylation is 1. The Morgan fingerprint density at radius 3 is 2.95 bits per heavy atom. The maximum atomic E-state index is 12.1. The third kappa shape index (κ3) is 3.21. The zero-order valence-corrected chi connectivity index (χ0v) is 13.3. The average Bonchev–Trinajstić information content (AvgIpc) is 2.96. The standard InChI is InChI=1S/C15H23N3O2S/c1-2-17-11-13(10-16-17)15-12-21(19,20)9-8-18(15)14-6-4-3-5-7-14/h4,6,10-11,14-15H,2-3,5,7-9,12H2,1H3. The molecular weight excluding hydrogens is 286 g/mol. The van der Waals surface area contributed by atoms with Gasteiger partial charge in [-0.2, -0.15) is 5.10 Å². The first-order valence-electron chi connectivity index (χ1n) is 7.74. The van der Waals surface area contributed by atoms with Gasteiger partial charge in [0.05, 0.1) is 23.7 Å². The highest BCUT2D eigenvalue weighted by Gasteiger charge is 2.36. The van der Waals surface area contributed by atoms with E-state index >= 15 is 0 Å². The minimum Gasteiger partial charge on any atom is -0.288 e. The summed E-state index contributed by atoms with van der Waals surface area (Å²) >= 11 is 0. The van der Waals surface area contributed by atoms with E-state index in [1.807, 2.05) is 24.0 Å². The van der Waals surface area contributed by atoms with E-state index in [1.54, 1.807) is 0 Å². The second kappa shape index (κ2) is 5.93. The Morgan fingerprint density at radius 1 is 1.43 bits per heavy atom. The van der Waals surface area contributed by atoms with Crippen molar-refractivity contribution in [3.8, 4) is 0 Å². The first-order valence-corrected chi connectivity index (χ1v) is 9.56. The molecule has 0 aromatic carbocycles. The second-order valence-corrected chi connectivity index (χ2v) is 8.15.